The van der Waals surface area contributed by atoms with Crippen LogP contribution in [0.5, 0.6) is 17.2 Å². The maximum Gasteiger partial charge on any atom is 0.295 e. The van der Waals surface area contributed by atoms with Crippen molar-refractivity contribution in [1.29, 1.82) is 0 Å². The summed E-state index contributed by atoms with van der Waals surface area (Å²) in [4.78, 5) is 28.2. The molecule has 0 aliphatic carbocycles. The molecule has 0 aromatic heterocycles. The first-order valence-corrected chi connectivity index (χ1v) is 12.5. The zero-order valence-electron chi connectivity index (χ0n) is 20.7. The summed E-state index contributed by atoms with van der Waals surface area (Å²) in [5, 5.41) is 11.4. The molecule has 0 saturated carbocycles. The van der Waals surface area contributed by atoms with Gasteiger partial charge in [-0.05, 0) is 47.9 Å². The number of ketones is 1. The number of unbranched alkanes of at least 4 members (excludes halogenated alkanes) is 1. The third-order valence-corrected chi connectivity index (χ3v) is 6.49. The number of rotatable bonds is 8. The summed E-state index contributed by atoms with van der Waals surface area (Å²) in [6.07, 6.45) is 1.92. The van der Waals surface area contributed by atoms with Gasteiger partial charge in [-0.25, -0.2) is 0 Å². The van der Waals surface area contributed by atoms with Gasteiger partial charge in [-0.1, -0.05) is 55.8 Å². The smallest absolute Gasteiger partial charge is 0.295 e. The van der Waals surface area contributed by atoms with Gasteiger partial charge < -0.3 is 24.2 Å². The Morgan fingerprint density at radius 2 is 1.76 bits per heavy atom. The second-order valence-corrected chi connectivity index (χ2v) is 9.05. The predicted octanol–water partition coefficient (Wildman–Crippen LogP) is 5.26. The van der Waals surface area contributed by atoms with Crippen molar-refractivity contribution in [3.8, 4) is 17.2 Å². The number of Topliss-reactive ketones (excluding diaryl/α,β-unsaturated/α-hetero) is 1. The first-order chi connectivity index (χ1) is 18.1. The van der Waals surface area contributed by atoms with E-state index in [-0.39, 0.29) is 17.9 Å². The van der Waals surface area contributed by atoms with Crippen LogP contribution in [0.2, 0.25) is 0 Å². The number of likely N-dealkylation sites (tertiary alicyclic amines) is 1. The van der Waals surface area contributed by atoms with Crippen molar-refractivity contribution in [2.24, 2.45) is 0 Å². The molecule has 0 unspecified atom stereocenters. The zero-order valence-corrected chi connectivity index (χ0v) is 20.7. The number of aliphatic hydroxyl groups excluding tert-OH is 1. The van der Waals surface area contributed by atoms with Gasteiger partial charge in [0.2, 0.25) is 0 Å². The number of ether oxygens (including phenoxy) is 3. The number of nitrogens with zero attached hydrogens (tertiary/aromatic N) is 1. The van der Waals surface area contributed by atoms with Gasteiger partial charge in [-0.3, -0.25) is 9.59 Å². The van der Waals surface area contributed by atoms with E-state index < -0.39 is 17.7 Å². The summed E-state index contributed by atoms with van der Waals surface area (Å²) in [6.45, 7) is 3.72. The summed E-state index contributed by atoms with van der Waals surface area (Å²) in [7, 11) is 0. The molecular weight excluding hydrogens is 470 g/mol. The quantitative estimate of drug-likeness (QED) is 0.197. The lowest BCUT2D eigenvalue weighted by Gasteiger charge is -2.26. The Morgan fingerprint density at radius 1 is 0.973 bits per heavy atom. The van der Waals surface area contributed by atoms with Crippen LogP contribution in [0.1, 0.15) is 42.5 Å². The van der Waals surface area contributed by atoms with Crippen molar-refractivity contribution in [1.82, 2.24) is 4.90 Å². The summed E-state index contributed by atoms with van der Waals surface area (Å²) < 4.78 is 17.1. The molecule has 190 valence electrons. The number of carbonyl (C=O) groups excluding carboxylic acids is 2. The lowest BCUT2D eigenvalue weighted by molar-refractivity contribution is -0.140. The van der Waals surface area contributed by atoms with Crippen molar-refractivity contribution in [2.75, 3.05) is 19.8 Å². The first kappa shape index (κ1) is 24.4. The fourth-order valence-electron chi connectivity index (χ4n) is 4.62. The van der Waals surface area contributed by atoms with Gasteiger partial charge >= 0.3 is 0 Å². The van der Waals surface area contributed by atoms with E-state index in [4.69, 9.17) is 14.2 Å². The molecule has 0 bridgehead atoms. The highest BCUT2D eigenvalue weighted by atomic mass is 16.6. The highest BCUT2D eigenvalue weighted by Crippen LogP contribution is 2.42. The molecule has 0 radical (unpaired) electrons. The topological polar surface area (TPSA) is 85.3 Å². The molecule has 5 rings (SSSR count). The average Bonchev–Trinajstić information content (AvgIpc) is 3.18. The lowest BCUT2D eigenvalue weighted by atomic mass is 9.94. The molecule has 7 nitrogen and oxygen atoms in total. The molecule has 7 heteroatoms. The monoisotopic (exact) mass is 499 g/mol. The van der Waals surface area contributed by atoms with Gasteiger partial charge in [-0.15, -0.1) is 0 Å². The van der Waals surface area contributed by atoms with Crippen molar-refractivity contribution in [2.45, 2.75) is 32.4 Å². The largest absolute Gasteiger partial charge is 0.507 e. The molecule has 3 aromatic rings. The predicted molar refractivity (Wildman–Crippen MR) is 139 cm³/mol. The van der Waals surface area contributed by atoms with E-state index in [9.17, 15) is 14.7 Å². The van der Waals surface area contributed by atoms with Gasteiger partial charge in [0.05, 0.1) is 18.2 Å². The molecule has 2 aliphatic rings. The molecule has 1 saturated heterocycles. The number of amides is 1. The van der Waals surface area contributed by atoms with Crippen LogP contribution in [0.25, 0.3) is 5.76 Å². The Bertz CT molecular complexity index is 1330. The maximum absolute atomic E-state index is 13.4. The minimum absolute atomic E-state index is 0.0308. The van der Waals surface area contributed by atoms with Crippen molar-refractivity contribution in [3.05, 3.63) is 95.1 Å². The highest BCUT2D eigenvalue weighted by molar-refractivity contribution is 6.46. The fourth-order valence-corrected chi connectivity index (χ4v) is 4.62. The van der Waals surface area contributed by atoms with Gasteiger partial charge in [-0.2, -0.15) is 0 Å². The SMILES string of the molecule is CCCCOc1cccc([C@H]2/C(=C(\O)c3ccc4c(c3)OCCO4)C(=O)C(=O)N2Cc2ccccc2)c1. The van der Waals surface area contributed by atoms with Crippen molar-refractivity contribution in [3.63, 3.8) is 0 Å². The van der Waals surface area contributed by atoms with Crippen molar-refractivity contribution >= 4 is 17.4 Å². The van der Waals surface area contributed by atoms with E-state index in [0.29, 0.717) is 48.2 Å². The molecule has 1 N–H and O–H groups in total. The minimum Gasteiger partial charge on any atom is -0.507 e. The standard InChI is InChI=1S/C30H29NO6/c1-2-3-14-35-23-11-7-10-21(17-23)27-26(28(32)22-12-13-24-25(18-22)37-16-15-36-24)29(33)30(34)31(27)19-20-8-5-4-6-9-20/h4-13,17-18,27,32H,2-3,14-16,19H2,1H3/b28-26+/t27-/m0/s1. The Morgan fingerprint density at radius 3 is 2.54 bits per heavy atom. The van der Waals surface area contributed by atoms with Crippen LogP contribution in [0.15, 0.2) is 78.4 Å². The van der Waals surface area contributed by atoms with E-state index in [0.717, 1.165) is 18.4 Å². The van der Waals surface area contributed by atoms with E-state index in [2.05, 4.69) is 6.92 Å². The zero-order chi connectivity index (χ0) is 25.8. The van der Waals surface area contributed by atoms with Crippen LogP contribution in [0.3, 0.4) is 0 Å². The Kier molecular flexibility index (Phi) is 7.12. The summed E-state index contributed by atoms with van der Waals surface area (Å²) >= 11 is 0. The van der Waals surface area contributed by atoms with Crippen LogP contribution in [0, 0.1) is 0 Å². The fraction of sp³-hybridized carbons (Fsp3) is 0.267. The molecule has 3 aromatic carbocycles. The number of aliphatic hydroxyl groups is 1. The molecule has 0 spiro atoms. The Balaban J connectivity index is 1.59. The van der Waals surface area contributed by atoms with Crippen molar-refractivity contribution < 1.29 is 28.9 Å². The van der Waals surface area contributed by atoms with E-state index in [1.54, 1.807) is 18.2 Å². The van der Waals surface area contributed by atoms with Crippen LogP contribution < -0.4 is 14.2 Å². The van der Waals surface area contributed by atoms with Gasteiger partial charge in [0, 0.05) is 12.1 Å². The van der Waals surface area contributed by atoms with E-state index in [1.807, 2.05) is 54.6 Å². The summed E-state index contributed by atoms with van der Waals surface area (Å²) in [5.41, 5.74) is 1.97. The third-order valence-electron chi connectivity index (χ3n) is 6.49. The summed E-state index contributed by atoms with van der Waals surface area (Å²) in [6, 6.07) is 21.0. The van der Waals surface area contributed by atoms with Crippen LogP contribution in [-0.2, 0) is 16.1 Å². The molecule has 2 aliphatic heterocycles. The normalized spacial score (nSPS) is 18.2. The van der Waals surface area contributed by atoms with E-state index in [1.165, 1.54) is 4.90 Å². The van der Waals surface area contributed by atoms with Gasteiger partial charge in [0.25, 0.3) is 11.7 Å². The van der Waals surface area contributed by atoms with Crippen LogP contribution >= 0.6 is 0 Å². The molecular formula is C30H29NO6. The molecule has 1 fully saturated rings. The van der Waals surface area contributed by atoms with E-state index >= 15 is 0 Å². The second-order valence-electron chi connectivity index (χ2n) is 9.05. The Hall–Kier alpha value is -4.26. The molecule has 37 heavy (non-hydrogen) atoms. The van der Waals surface area contributed by atoms with Gasteiger partial charge in [0.15, 0.2) is 11.5 Å². The number of hydrogen-bond acceptors (Lipinski definition) is 6. The first-order valence-electron chi connectivity index (χ1n) is 12.5. The second kappa shape index (κ2) is 10.8. The maximum atomic E-state index is 13.4. The number of benzene rings is 3. The number of hydrogen-bond donors (Lipinski definition) is 1. The minimum atomic E-state index is -0.789. The molecule has 1 atom stereocenters. The average molecular weight is 500 g/mol. The molecule has 1 amide bonds. The third kappa shape index (κ3) is 5.03. The number of fused-ring (bicyclic) bond motifs is 1. The Labute approximate surface area is 215 Å². The van der Waals surface area contributed by atoms with Crippen LogP contribution in [-0.4, -0.2) is 41.5 Å². The molecule has 2 heterocycles. The van der Waals surface area contributed by atoms with Gasteiger partial charge in [0.1, 0.15) is 24.7 Å². The highest BCUT2D eigenvalue weighted by Gasteiger charge is 2.46. The number of carbonyl (C=O) groups is 2. The lowest BCUT2D eigenvalue weighted by Crippen LogP contribution is -2.29. The summed E-state index contributed by atoms with van der Waals surface area (Å²) in [5.74, 6) is 0.0529. The van der Waals surface area contributed by atoms with Crippen LogP contribution in [0.4, 0.5) is 0 Å².